The number of terminal acetylenes is 1. The van der Waals surface area contributed by atoms with E-state index >= 15 is 13.2 Å². The van der Waals surface area contributed by atoms with Gasteiger partial charge in [0, 0.05) is 90.7 Å². The van der Waals surface area contributed by atoms with Crippen molar-refractivity contribution in [2.24, 2.45) is 0 Å². The van der Waals surface area contributed by atoms with Gasteiger partial charge in [-0.1, -0.05) is 17.8 Å². The Labute approximate surface area is 784 Å². The van der Waals surface area contributed by atoms with Crippen LogP contribution in [0.2, 0.25) is 0 Å². The van der Waals surface area contributed by atoms with Gasteiger partial charge in [0.15, 0.2) is 46.6 Å². The van der Waals surface area contributed by atoms with Crippen molar-refractivity contribution in [1.82, 2.24) is 79.0 Å². The number of hydrogen-bond acceptors (Lipinski definition) is 16. The third-order valence-corrected chi connectivity index (χ3v) is 25.7. The fraction of sp³-hybridized carbons (Fsp3) is 0.327. The van der Waals surface area contributed by atoms with Gasteiger partial charge in [0.2, 0.25) is 0 Å². The van der Waals surface area contributed by atoms with Crippen molar-refractivity contribution in [2.75, 3.05) is 21.3 Å². The lowest BCUT2D eigenvalue weighted by Crippen LogP contribution is -2.41. The number of nitrogens with one attached hydrogen (secondary N) is 8. The predicted molar refractivity (Wildman–Crippen MR) is 516 cm³/mol. The second kappa shape index (κ2) is 33.6. The first-order valence-electron chi connectivity index (χ1n) is 43.8. The minimum atomic E-state index is -1.20. The largest absolute Gasteiger partial charge is 0.497 e. The molecule has 0 bridgehead atoms. The highest BCUT2D eigenvalue weighted by Crippen LogP contribution is 2.50. The maximum Gasteiger partial charge on any atom is 0.497 e. The number of aromatic amines is 4. The summed E-state index contributed by atoms with van der Waals surface area (Å²) in [5.41, 5.74) is 10.2. The molecule has 10 N–H and O–H groups in total. The van der Waals surface area contributed by atoms with Crippen molar-refractivity contribution in [2.45, 2.75) is 218 Å². The zero-order valence-corrected chi connectivity index (χ0v) is 81.1. The lowest BCUT2D eigenvalue weighted by molar-refractivity contribution is 0.00578. The van der Waals surface area contributed by atoms with Crippen LogP contribution in [-0.4, -0.2) is 119 Å². The molecule has 0 aliphatic carbocycles. The molecule has 34 heteroatoms. The smallest absolute Gasteiger partial charge is 0.399 e. The Hall–Kier alpha value is -13.4. The molecule has 5 aliphatic heterocycles. The van der Waals surface area contributed by atoms with Crippen LogP contribution in [0.3, 0.4) is 0 Å². The zero-order chi connectivity index (χ0) is 98.0. The van der Waals surface area contributed by atoms with Crippen LogP contribution in [0.5, 0.6) is 0 Å². The second-order valence-electron chi connectivity index (χ2n) is 39.0. The third kappa shape index (κ3) is 16.9. The molecule has 0 saturated carbocycles. The molecule has 0 amide bonds. The van der Waals surface area contributed by atoms with Gasteiger partial charge in [-0.25, -0.2) is 35.1 Å². The lowest BCUT2D eigenvalue weighted by atomic mass is 9.78. The highest BCUT2D eigenvalue weighted by molar-refractivity contribution is 9.10. The first-order valence-corrected chi connectivity index (χ1v) is 44.6. The van der Waals surface area contributed by atoms with Crippen molar-refractivity contribution in [3.8, 4) is 80.3 Å². The van der Waals surface area contributed by atoms with E-state index < -0.39 is 81.0 Å². The zero-order valence-electron chi connectivity index (χ0n) is 79.5. The monoisotopic (exact) mass is 1900 g/mol. The van der Waals surface area contributed by atoms with Crippen LogP contribution in [0.4, 0.5) is 57.9 Å². The molecule has 8 aromatic carbocycles. The predicted octanol–water partition coefficient (Wildman–Crippen LogP) is 21.8. The van der Waals surface area contributed by atoms with Crippen LogP contribution in [0.25, 0.3) is 99.7 Å². The summed E-state index contributed by atoms with van der Waals surface area (Å²) >= 11 is 3.26. The normalized spacial score (nSPS) is 15.4. The van der Waals surface area contributed by atoms with Crippen molar-refractivity contribution in [3.05, 3.63) is 241 Å². The van der Waals surface area contributed by atoms with Gasteiger partial charge in [-0.2, -0.15) is 0 Å². The van der Waals surface area contributed by atoms with Gasteiger partial charge in [0.05, 0.1) is 82.7 Å². The Morgan fingerprint density at radius 1 is 0.385 bits per heavy atom. The summed E-state index contributed by atoms with van der Waals surface area (Å²) in [6, 6.07) is 21.9. The summed E-state index contributed by atoms with van der Waals surface area (Å²) in [6.45, 7) is 46.9. The quantitative estimate of drug-likeness (QED) is 0.0445. The Bertz CT molecular complexity index is 7640. The van der Waals surface area contributed by atoms with E-state index in [1.807, 2.05) is 137 Å². The average Bonchev–Trinajstić information content (AvgIpc) is 1.61. The van der Waals surface area contributed by atoms with Gasteiger partial charge in [-0.05, 0) is 302 Å². The Kier molecular flexibility index (Phi) is 23.6. The summed E-state index contributed by atoms with van der Waals surface area (Å²) < 4.78 is 139. The summed E-state index contributed by atoms with van der Waals surface area (Å²) in [5.74, 6) is 9.57. The average molecular weight is 1900 g/mol. The van der Waals surface area contributed by atoms with Crippen LogP contribution in [0.1, 0.15) is 191 Å². The highest BCUT2D eigenvalue weighted by Gasteiger charge is 2.53. The molecule has 698 valence electrons. The van der Waals surface area contributed by atoms with Crippen LogP contribution < -0.4 is 26.7 Å². The molecule has 0 spiro atoms. The maximum atomic E-state index is 16.3. The number of nitrogens with zero attached hydrogens (tertiary/aromatic N) is 12. The molecule has 5 aliphatic rings. The molecule has 8 aromatic heterocycles. The minimum absolute atomic E-state index is 0.255. The van der Waals surface area contributed by atoms with Gasteiger partial charge < -0.3 is 60.7 Å². The van der Waals surface area contributed by atoms with E-state index in [0.717, 1.165) is 49.8 Å². The van der Waals surface area contributed by atoms with Gasteiger partial charge in [0.25, 0.3) is 0 Å². The van der Waals surface area contributed by atoms with E-state index in [1.54, 1.807) is 116 Å². The maximum absolute atomic E-state index is 16.3. The standard InChI is InChI=1S/C26H25F2N5O.C22H21F2N5.C21H19F2N5.C14H17BFNO2.C13H14BrFN4.C5H8O/c1-13-9-18(20(28)23-21(13)30-26(5,6)24-32-31-14(2)33(23)24)19-11-16(27)10-17-15(12-29-22(17)19)7-8-25(3,4)34;1-10-6-15(16-8-13(23)7-14-11(2)9-25-19(14)16)17(24)20-18(10)26-22(4,5)21-28-27-12(3)29(20)21;1-10-7-14(15-9-13(22)8-12-5-6-24-18(12)15)16(23)19-17(10)25-21(3,4)20-27-26-11(2)28(19)20;1-13(2)14(3,4)19-15(18-13)11-8-10(16)7-9-5-6-17-12(9)11;1-6-5-8(14)9(15)11-10(6)16-13(3,4)12-18-17-7(2)19(11)12;1-4-5(2,3)6/h9-12,29-30,34H,1-6H3;6-9,25-26H,1-5H3;5-9,24-25H,1-4H3;5-8,17H,1-4H3;5,16H,1-4H3;1,6H,2-3H3. The number of halogens is 9. The van der Waals surface area contributed by atoms with Crippen LogP contribution in [0, 0.1) is 133 Å². The van der Waals surface area contributed by atoms with Gasteiger partial charge in [-0.3, -0.25) is 18.3 Å². The fourth-order valence-corrected chi connectivity index (χ4v) is 18.2. The number of aryl methyl sites for hydroxylation is 9. The number of H-pyrrole nitrogens is 4. The van der Waals surface area contributed by atoms with Crippen molar-refractivity contribution in [1.29, 1.82) is 0 Å². The summed E-state index contributed by atoms with van der Waals surface area (Å²) in [6.07, 6.45) is 11.8. The molecule has 13 heterocycles. The number of fused-ring (bicyclic) bond motifs is 16. The van der Waals surface area contributed by atoms with Gasteiger partial charge in [-0.15, -0.1) is 47.2 Å². The topological polar surface area (TPSA) is 293 Å². The fourth-order valence-electron chi connectivity index (χ4n) is 17.7. The number of aliphatic hydroxyl groups is 2. The number of aromatic nitrogens is 16. The second-order valence-corrected chi connectivity index (χ2v) is 39.9. The molecular weight excluding hydrogens is 1800 g/mol. The summed E-state index contributed by atoms with van der Waals surface area (Å²) in [4.78, 5) is 12.5. The molecule has 135 heavy (non-hydrogen) atoms. The summed E-state index contributed by atoms with van der Waals surface area (Å²) in [7, 11) is -0.554. The first kappa shape index (κ1) is 94.8. The number of anilines is 4. The van der Waals surface area contributed by atoms with Gasteiger partial charge in [0.1, 0.15) is 80.5 Å². The van der Waals surface area contributed by atoms with Crippen molar-refractivity contribution < 1.29 is 54.6 Å². The van der Waals surface area contributed by atoms with Crippen molar-refractivity contribution in [3.63, 3.8) is 0 Å². The molecule has 0 atom stereocenters. The van der Waals surface area contributed by atoms with Crippen LogP contribution in [-0.2, 0) is 31.5 Å². The first-order chi connectivity index (χ1) is 63.0. The van der Waals surface area contributed by atoms with E-state index in [2.05, 4.69) is 116 Å². The number of benzene rings is 8. The minimum Gasteiger partial charge on any atom is -0.399 e. The van der Waals surface area contributed by atoms with E-state index in [0.29, 0.717) is 157 Å². The molecular formula is C101H104BBrF8N20O4. The van der Waals surface area contributed by atoms with Crippen molar-refractivity contribution >= 4 is 94.9 Å². The molecule has 1 saturated heterocycles. The molecule has 0 radical (unpaired) electrons. The Morgan fingerprint density at radius 2 is 0.711 bits per heavy atom. The van der Waals surface area contributed by atoms with E-state index in [1.165, 1.54) is 48.5 Å². The molecule has 1 fully saturated rings. The lowest BCUT2D eigenvalue weighted by Gasteiger charge is -2.35. The number of rotatable bonds is 4. The molecule has 21 rings (SSSR count). The summed E-state index contributed by atoms with van der Waals surface area (Å²) in [5, 5.41) is 68.4. The van der Waals surface area contributed by atoms with Gasteiger partial charge >= 0.3 is 7.12 Å². The van der Waals surface area contributed by atoms with Crippen LogP contribution in [0.15, 0.2) is 114 Å². The molecule has 24 nitrogen and oxygen atoms in total. The van der Waals surface area contributed by atoms with E-state index in [9.17, 15) is 27.1 Å². The molecule has 0 unspecified atom stereocenters. The SMILES string of the molecule is C#CC(C)(C)O.CC1(C)OB(c2cc(F)cc3cc[nH]c23)OC1(C)C.Cc1cc(-c2cc(F)cc3c(C#CC(C)(C)O)c[nH]c23)c(F)c2c1NC(C)(C)c1nnc(C)n1-2.Cc1cc(-c2cc(F)cc3c(C)c[nH]c23)c(F)c2c1NC(C)(C)c1nnc(C)n1-2.Cc1cc(-c2cc(F)cc3cc[nH]c23)c(F)c2c1NC(C)(C)c1nnc(C)n1-2.Cc1cc(Br)c(F)c2c1NC(C)(C)c1nnc(C)n1-2. The number of hydrogen-bond donors (Lipinski definition) is 10. The molecule has 16 aromatic rings. The van der Waals surface area contributed by atoms with E-state index in [-0.39, 0.29) is 22.7 Å². The van der Waals surface area contributed by atoms with Crippen LogP contribution >= 0.6 is 15.9 Å². The Morgan fingerprint density at radius 3 is 1.10 bits per heavy atom. The third-order valence-electron chi connectivity index (χ3n) is 25.1. The Balaban J connectivity index is 0.000000122. The highest BCUT2D eigenvalue weighted by atomic mass is 79.9. The van der Waals surface area contributed by atoms with E-state index in [4.69, 9.17) is 20.8 Å².